The highest BCUT2D eigenvalue weighted by Gasteiger charge is 2.33. The number of rotatable bonds is 5. The second-order valence-corrected chi connectivity index (χ2v) is 8.66. The van der Waals surface area contributed by atoms with Crippen LogP contribution in [-0.2, 0) is 18.9 Å². The maximum Gasteiger partial charge on any atom is 0.433 e. The molecule has 15 heteroatoms. The number of halogens is 7. The molecule has 1 N–H and O–H groups in total. The number of nitrogens with zero attached hydrogens (tertiary/aromatic N) is 6. The first kappa shape index (κ1) is 26.2. The number of aromatic nitrogens is 6. The Balaban J connectivity index is 1.59. The zero-order chi connectivity index (χ0) is 27.9. The highest BCUT2D eigenvalue weighted by atomic mass is 35.5. The number of nitrogens with one attached hydrogen (secondary N) is 1. The molecule has 0 aliphatic carbocycles. The molecule has 4 aromatic heterocycles. The van der Waals surface area contributed by atoms with Crippen molar-refractivity contribution in [2.45, 2.75) is 18.9 Å². The van der Waals surface area contributed by atoms with Gasteiger partial charge in [-0.1, -0.05) is 29.8 Å². The van der Waals surface area contributed by atoms with Crippen molar-refractivity contribution in [3.8, 4) is 11.1 Å². The molecule has 0 aliphatic heterocycles. The van der Waals surface area contributed by atoms with Crippen LogP contribution < -0.4 is 11.0 Å². The first-order chi connectivity index (χ1) is 18.4. The summed E-state index contributed by atoms with van der Waals surface area (Å²) in [5.74, 6) is 0. The summed E-state index contributed by atoms with van der Waals surface area (Å²) in [6.07, 6.45) is -5.92. The van der Waals surface area contributed by atoms with E-state index in [4.69, 9.17) is 11.6 Å². The lowest BCUT2D eigenvalue weighted by Gasteiger charge is -2.13. The topological polar surface area (TPSA) is 90.0 Å². The molecule has 0 bridgehead atoms. The number of benzene rings is 1. The minimum Gasteiger partial charge on any atom is -0.351 e. The molecular weight excluding hydrogens is 552 g/mol. The second kappa shape index (κ2) is 9.69. The number of pyridine rings is 2. The smallest absolute Gasteiger partial charge is 0.351 e. The number of fused-ring (bicyclic) bond motifs is 1. The molecule has 39 heavy (non-hydrogen) atoms. The zero-order valence-electron chi connectivity index (χ0n) is 19.3. The van der Waals surface area contributed by atoms with Crippen LogP contribution in [0.25, 0.3) is 16.8 Å². The van der Waals surface area contributed by atoms with Gasteiger partial charge in [0, 0.05) is 16.8 Å². The Morgan fingerprint density at radius 1 is 0.821 bits per heavy atom. The molecule has 0 spiro atoms. The molecule has 0 radical (unpaired) electrons. The van der Waals surface area contributed by atoms with Crippen molar-refractivity contribution in [1.29, 1.82) is 0 Å². The Morgan fingerprint density at radius 3 is 2.03 bits per heavy atom. The lowest BCUT2D eigenvalue weighted by molar-refractivity contribution is -0.141. The Kier molecular flexibility index (Phi) is 6.50. The van der Waals surface area contributed by atoms with Gasteiger partial charge in [0.15, 0.2) is 0 Å². The predicted octanol–water partition coefficient (Wildman–Crippen LogP) is 5.83. The molecule has 0 unspecified atom stereocenters. The number of anilines is 2. The second-order valence-electron chi connectivity index (χ2n) is 8.22. The Morgan fingerprint density at radius 2 is 1.46 bits per heavy atom. The van der Waals surface area contributed by atoms with Crippen LogP contribution in [0.15, 0.2) is 71.9 Å². The van der Waals surface area contributed by atoms with Crippen molar-refractivity contribution in [2.75, 3.05) is 5.32 Å². The molecule has 0 saturated heterocycles. The summed E-state index contributed by atoms with van der Waals surface area (Å²) in [7, 11) is 0. The summed E-state index contributed by atoms with van der Waals surface area (Å²) >= 11 is 5.99. The van der Waals surface area contributed by atoms with Crippen molar-refractivity contribution in [1.82, 2.24) is 29.4 Å². The lowest BCUT2D eigenvalue weighted by Crippen LogP contribution is -2.23. The number of hydrogen-bond donors (Lipinski definition) is 1. The molecule has 5 rings (SSSR count). The summed E-state index contributed by atoms with van der Waals surface area (Å²) in [6, 6.07) is 10.5. The van der Waals surface area contributed by atoms with Gasteiger partial charge in [-0.25, -0.2) is 14.5 Å². The third kappa shape index (κ3) is 5.41. The van der Waals surface area contributed by atoms with Crippen LogP contribution in [0.4, 0.5) is 37.7 Å². The van der Waals surface area contributed by atoms with E-state index in [0.29, 0.717) is 16.1 Å². The number of hydrogen-bond acceptors (Lipinski definition) is 6. The summed E-state index contributed by atoms with van der Waals surface area (Å²) in [5, 5.41) is 11.9. The van der Waals surface area contributed by atoms with Crippen LogP contribution in [0.1, 0.15) is 17.0 Å². The molecule has 200 valence electrons. The van der Waals surface area contributed by atoms with Gasteiger partial charge in [0.2, 0.25) is 5.65 Å². The summed E-state index contributed by atoms with van der Waals surface area (Å²) < 4.78 is 79.3. The molecule has 0 aliphatic rings. The van der Waals surface area contributed by atoms with E-state index in [1.807, 2.05) is 0 Å². The average molecular weight is 566 g/mol. The molecule has 5 aromatic rings. The van der Waals surface area contributed by atoms with Crippen molar-refractivity contribution in [2.24, 2.45) is 0 Å². The lowest BCUT2D eigenvalue weighted by atomic mass is 10.1. The van der Waals surface area contributed by atoms with E-state index >= 15 is 0 Å². The highest BCUT2D eigenvalue weighted by Crippen LogP contribution is 2.34. The molecule has 8 nitrogen and oxygen atoms in total. The first-order valence-corrected chi connectivity index (χ1v) is 11.3. The van der Waals surface area contributed by atoms with E-state index < -0.39 is 29.4 Å². The molecular formula is C24H14ClF6N7O. The molecule has 0 fully saturated rings. The van der Waals surface area contributed by atoms with Gasteiger partial charge in [0.25, 0.3) is 0 Å². The van der Waals surface area contributed by atoms with Crippen molar-refractivity contribution in [3.63, 3.8) is 0 Å². The van der Waals surface area contributed by atoms with E-state index in [-0.39, 0.29) is 29.1 Å². The Labute approximate surface area is 219 Å². The van der Waals surface area contributed by atoms with Crippen LogP contribution in [0.2, 0.25) is 5.02 Å². The maximum atomic E-state index is 13.0. The van der Waals surface area contributed by atoms with E-state index in [2.05, 4.69) is 25.5 Å². The van der Waals surface area contributed by atoms with E-state index in [1.54, 1.807) is 24.3 Å². The van der Waals surface area contributed by atoms with Crippen molar-refractivity contribution >= 4 is 28.6 Å². The SMILES string of the molecule is O=c1n(Cc2ccc(C(F)(F)F)nc2)nc2c(Nc3ccc(C(F)(F)F)nc3)c(-c3ccc(Cl)cc3)cnn12. The fourth-order valence-corrected chi connectivity index (χ4v) is 3.80. The van der Waals surface area contributed by atoms with Gasteiger partial charge in [-0.2, -0.15) is 36.0 Å². The van der Waals surface area contributed by atoms with Gasteiger partial charge >= 0.3 is 18.0 Å². The van der Waals surface area contributed by atoms with Gasteiger partial charge in [-0.05, 0) is 41.5 Å². The fraction of sp³-hybridized carbons (Fsp3) is 0.125. The monoisotopic (exact) mass is 565 g/mol. The van der Waals surface area contributed by atoms with Crippen LogP contribution in [0.3, 0.4) is 0 Å². The third-order valence-corrected chi connectivity index (χ3v) is 5.79. The molecule has 4 heterocycles. The molecule has 0 atom stereocenters. The summed E-state index contributed by atoms with van der Waals surface area (Å²) in [6.45, 7) is -0.217. The fourth-order valence-electron chi connectivity index (χ4n) is 3.67. The Bertz CT molecular complexity index is 1690. The Hall–Kier alpha value is -4.46. The van der Waals surface area contributed by atoms with E-state index in [1.165, 1.54) is 18.3 Å². The minimum atomic E-state index is -4.63. The molecule has 0 amide bonds. The normalized spacial score (nSPS) is 12.2. The maximum absolute atomic E-state index is 13.0. The third-order valence-electron chi connectivity index (χ3n) is 5.54. The zero-order valence-corrected chi connectivity index (χ0v) is 20.1. The highest BCUT2D eigenvalue weighted by molar-refractivity contribution is 6.30. The van der Waals surface area contributed by atoms with Crippen LogP contribution in [0, 0.1) is 0 Å². The van der Waals surface area contributed by atoms with E-state index in [0.717, 1.165) is 33.7 Å². The van der Waals surface area contributed by atoms with Crippen molar-refractivity contribution in [3.05, 3.63) is 99.6 Å². The quantitative estimate of drug-likeness (QED) is 0.270. The average Bonchev–Trinajstić information content (AvgIpc) is 3.20. The van der Waals surface area contributed by atoms with Gasteiger partial charge in [-0.15, -0.1) is 5.10 Å². The predicted molar refractivity (Wildman–Crippen MR) is 129 cm³/mol. The standard InChI is InChI=1S/C24H14ClF6N7O/c25-15-4-2-14(3-5-15)17-11-34-38-21(20(17)35-16-6-8-19(33-10-16)24(29,30)31)36-37(22(38)39)12-13-1-7-18(32-9-13)23(26,27)28/h1-11,35H,12H2. The van der Waals surface area contributed by atoms with E-state index in [9.17, 15) is 31.1 Å². The largest absolute Gasteiger partial charge is 0.433 e. The van der Waals surface area contributed by atoms with Crippen LogP contribution in [0.5, 0.6) is 0 Å². The first-order valence-electron chi connectivity index (χ1n) is 11.0. The van der Waals surface area contributed by atoms with Crippen molar-refractivity contribution < 1.29 is 26.3 Å². The molecule has 0 saturated carbocycles. The summed E-state index contributed by atoms with van der Waals surface area (Å²) in [4.78, 5) is 19.9. The van der Waals surface area contributed by atoms with Crippen LogP contribution in [-0.4, -0.2) is 29.4 Å². The van der Waals surface area contributed by atoms with Gasteiger partial charge in [0.05, 0.1) is 30.3 Å². The van der Waals surface area contributed by atoms with Gasteiger partial charge in [0.1, 0.15) is 11.4 Å². The number of alkyl halides is 6. The van der Waals surface area contributed by atoms with Crippen LogP contribution >= 0.6 is 11.6 Å². The molecule has 1 aromatic carbocycles. The van der Waals surface area contributed by atoms with Gasteiger partial charge < -0.3 is 5.32 Å². The minimum absolute atomic E-state index is 0.00668. The summed E-state index contributed by atoms with van der Waals surface area (Å²) in [5.41, 5.74) is -1.18. The van der Waals surface area contributed by atoms with Gasteiger partial charge in [-0.3, -0.25) is 4.98 Å².